The Bertz CT molecular complexity index is 705. The van der Waals surface area contributed by atoms with Gasteiger partial charge in [0.1, 0.15) is 17.9 Å². The second-order valence-electron chi connectivity index (χ2n) is 7.21. The fourth-order valence-corrected chi connectivity index (χ4v) is 3.90. The molecule has 0 bridgehead atoms. The van der Waals surface area contributed by atoms with Crippen molar-refractivity contribution in [3.05, 3.63) is 42.5 Å². The Morgan fingerprint density at radius 2 is 2.17 bits per heavy atom. The van der Waals surface area contributed by atoms with E-state index in [4.69, 9.17) is 10.5 Å². The second-order valence-corrected chi connectivity index (χ2v) is 8.56. The molecule has 4 atom stereocenters. The Kier molecular flexibility index (Phi) is 10.6. The van der Waals surface area contributed by atoms with Crippen LogP contribution in [-0.4, -0.2) is 77.0 Å². The number of hydrogen-bond acceptors (Lipinski definition) is 7. The minimum absolute atomic E-state index is 0.150. The maximum absolute atomic E-state index is 12.9. The largest absolute Gasteiger partial charge is 0.489 e. The number of carboxylic acid groups (broad SMARTS) is 1. The summed E-state index contributed by atoms with van der Waals surface area (Å²) in [6.45, 7) is 1.09. The average Bonchev–Trinajstić information content (AvgIpc) is 3.13. The molecule has 0 saturated carbocycles. The molecule has 1 fully saturated rings. The Balaban J connectivity index is 2.07. The minimum Gasteiger partial charge on any atom is -0.489 e. The lowest BCUT2D eigenvalue weighted by atomic mass is 10.1. The van der Waals surface area contributed by atoms with Gasteiger partial charge in [-0.1, -0.05) is 30.4 Å². The van der Waals surface area contributed by atoms with Gasteiger partial charge in [0.2, 0.25) is 5.91 Å². The number of carbonyl (C=O) groups excluding carboxylic acids is 1. The van der Waals surface area contributed by atoms with Crippen molar-refractivity contribution in [2.45, 2.75) is 37.1 Å². The first kappa shape index (κ1) is 24.6. The number of carboxylic acids is 1. The molecule has 0 aliphatic carbocycles. The molecule has 0 aromatic heterocycles. The van der Waals surface area contributed by atoms with Crippen LogP contribution in [0.1, 0.15) is 12.8 Å². The van der Waals surface area contributed by atoms with Crippen LogP contribution < -0.4 is 15.8 Å². The lowest BCUT2D eigenvalue weighted by Crippen LogP contribution is -2.49. The average molecular weight is 454 g/mol. The van der Waals surface area contributed by atoms with Crippen molar-refractivity contribution in [1.82, 2.24) is 10.2 Å². The number of carbonyl (C=O) groups is 2. The van der Waals surface area contributed by atoms with Crippen LogP contribution in [0.15, 0.2) is 42.5 Å². The van der Waals surface area contributed by atoms with E-state index in [0.717, 1.165) is 5.75 Å². The number of thioether (sulfide) groups is 1. The topological polar surface area (TPSA) is 105 Å². The van der Waals surface area contributed by atoms with Crippen LogP contribution >= 0.6 is 24.4 Å². The van der Waals surface area contributed by atoms with Gasteiger partial charge in [-0.25, -0.2) is 4.79 Å². The first-order valence-corrected chi connectivity index (χ1v) is 12.0. The molecular weight excluding hydrogens is 422 g/mol. The van der Waals surface area contributed by atoms with Gasteiger partial charge in [-0.3, -0.25) is 9.69 Å². The van der Waals surface area contributed by atoms with Crippen molar-refractivity contribution in [2.75, 3.05) is 30.9 Å². The Morgan fingerprint density at radius 1 is 1.43 bits per heavy atom. The van der Waals surface area contributed by atoms with E-state index in [0.29, 0.717) is 37.4 Å². The number of nitrogens with one attached hydrogen (secondary N) is 1. The van der Waals surface area contributed by atoms with E-state index < -0.39 is 18.1 Å². The Morgan fingerprint density at radius 3 is 2.80 bits per heavy atom. The van der Waals surface area contributed by atoms with E-state index in [-0.39, 0.29) is 18.1 Å². The lowest BCUT2D eigenvalue weighted by molar-refractivity contribution is -0.142. The summed E-state index contributed by atoms with van der Waals surface area (Å²) in [7, 11) is 0. The third-order valence-electron chi connectivity index (χ3n) is 4.87. The molecule has 2 rings (SSSR count). The number of para-hydroxylation sites is 1. The number of rotatable bonds is 12. The highest BCUT2D eigenvalue weighted by molar-refractivity contribution is 7.98. The number of nitrogens with two attached hydrogens (primary N) is 1. The van der Waals surface area contributed by atoms with Crippen LogP contribution in [0.3, 0.4) is 0 Å². The van der Waals surface area contributed by atoms with Crippen LogP contribution in [0.25, 0.3) is 0 Å². The summed E-state index contributed by atoms with van der Waals surface area (Å²) in [4.78, 5) is 26.5. The molecule has 0 radical (unpaired) electrons. The fourth-order valence-electron chi connectivity index (χ4n) is 3.31. The Hall–Kier alpha value is -1.68. The van der Waals surface area contributed by atoms with Crippen LogP contribution in [0.4, 0.5) is 0 Å². The molecule has 1 aliphatic heterocycles. The quantitative estimate of drug-likeness (QED) is 0.282. The molecule has 0 unspecified atom stereocenters. The van der Waals surface area contributed by atoms with Crippen molar-refractivity contribution in [3.63, 3.8) is 0 Å². The van der Waals surface area contributed by atoms with Crippen molar-refractivity contribution in [3.8, 4) is 5.75 Å². The molecule has 30 heavy (non-hydrogen) atoms. The normalized spacial score (nSPS) is 21.4. The summed E-state index contributed by atoms with van der Waals surface area (Å²) in [5.41, 5.74) is 5.87. The van der Waals surface area contributed by atoms with E-state index in [2.05, 4.69) is 17.9 Å². The van der Waals surface area contributed by atoms with Gasteiger partial charge < -0.3 is 20.9 Å². The first-order valence-electron chi connectivity index (χ1n) is 9.95. The van der Waals surface area contributed by atoms with Crippen LogP contribution in [0.5, 0.6) is 5.75 Å². The number of benzene rings is 1. The highest BCUT2D eigenvalue weighted by atomic mass is 32.2. The SMILES string of the molecule is CSCC[C@H](NC(=O)[C@@H]1C[C@H](Oc2ccccc2)CN1C/C=C/[C@@H](N)CS)C(=O)O. The van der Waals surface area contributed by atoms with E-state index in [1.807, 2.05) is 53.6 Å². The zero-order valence-corrected chi connectivity index (χ0v) is 18.9. The van der Waals surface area contributed by atoms with E-state index >= 15 is 0 Å². The molecule has 166 valence electrons. The molecule has 7 nitrogen and oxygen atoms in total. The molecule has 0 spiro atoms. The highest BCUT2D eigenvalue weighted by Gasteiger charge is 2.38. The van der Waals surface area contributed by atoms with Gasteiger partial charge in [-0.05, 0) is 30.6 Å². The van der Waals surface area contributed by atoms with Crippen LogP contribution in [-0.2, 0) is 9.59 Å². The molecular formula is C21H31N3O4S2. The van der Waals surface area contributed by atoms with Crippen molar-refractivity contribution < 1.29 is 19.4 Å². The van der Waals surface area contributed by atoms with E-state index in [9.17, 15) is 14.7 Å². The van der Waals surface area contributed by atoms with Gasteiger partial charge in [0.15, 0.2) is 0 Å². The van der Waals surface area contributed by atoms with Gasteiger partial charge >= 0.3 is 5.97 Å². The van der Waals surface area contributed by atoms with Gasteiger partial charge in [0.25, 0.3) is 0 Å². The smallest absolute Gasteiger partial charge is 0.326 e. The Labute approximate surface area is 187 Å². The maximum atomic E-state index is 12.9. The number of thiol groups is 1. The van der Waals surface area contributed by atoms with Crippen molar-refractivity contribution in [2.24, 2.45) is 5.73 Å². The lowest BCUT2D eigenvalue weighted by Gasteiger charge is -2.24. The summed E-state index contributed by atoms with van der Waals surface area (Å²) < 4.78 is 6.05. The summed E-state index contributed by atoms with van der Waals surface area (Å²) in [5, 5.41) is 12.1. The molecule has 1 saturated heterocycles. The van der Waals surface area contributed by atoms with Crippen LogP contribution in [0, 0.1) is 0 Å². The molecule has 1 amide bonds. The zero-order valence-electron chi connectivity index (χ0n) is 17.1. The standard InChI is InChI=1S/C21H31N3O4S2/c1-30-11-9-18(21(26)27)23-20(25)19-12-17(28-16-7-3-2-4-8-16)13-24(19)10-5-6-15(22)14-29/h2-8,15,17-19,29H,9-14,22H2,1H3,(H,23,25)(H,26,27)/b6-5+/t15-,17+,18+,19+/m1/s1. The number of amides is 1. The van der Waals surface area contributed by atoms with Gasteiger partial charge in [0.05, 0.1) is 6.04 Å². The molecule has 1 aliphatic rings. The van der Waals surface area contributed by atoms with Crippen molar-refractivity contribution in [1.29, 1.82) is 0 Å². The van der Waals surface area contributed by atoms with E-state index in [1.54, 1.807) is 11.8 Å². The molecule has 4 N–H and O–H groups in total. The summed E-state index contributed by atoms with van der Waals surface area (Å²) in [5.74, 6) is 0.652. The number of aliphatic carboxylic acids is 1. The first-order chi connectivity index (χ1) is 14.4. The van der Waals surface area contributed by atoms with E-state index in [1.165, 1.54) is 0 Å². The predicted molar refractivity (Wildman–Crippen MR) is 124 cm³/mol. The fraction of sp³-hybridized carbons (Fsp3) is 0.524. The van der Waals surface area contributed by atoms with Crippen molar-refractivity contribution >= 4 is 36.3 Å². The maximum Gasteiger partial charge on any atom is 0.326 e. The summed E-state index contributed by atoms with van der Waals surface area (Å²) in [6.07, 6.45) is 6.41. The summed E-state index contributed by atoms with van der Waals surface area (Å²) >= 11 is 5.72. The molecule has 1 aromatic carbocycles. The van der Waals surface area contributed by atoms with Gasteiger partial charge in [-0.15, -0.1) is 0 Å². The number of ether oxygens (including phenoxy) is 1. The summed E-state index contributed by atoms with van der Waals surface area (Å²) in [6, 6.07) is 7.97. The van der Waals surface area contributed by atoms with Crippen LogP contribution in [0.2, 0.25) is 0 Å². The third kappa shape index (κ3) is 7.86. The second kappa shape index (κ2) is 12.9. The number of nitrogens with zero attached hydrogens (tertiary/aromatic N) is 1. The predicted octanol–water partition coefficient (Wildman–Crippen LogP) is 1.64. The number of hydrogen-bond donors (Lipinski definition) is 4. The molecule has 1 heterocycles. The number of likely N-dealkylation sites (tertiary alicyclic amines) is 1. The third-order valence-corrected chi connectivity index (χ3v) is 5.94. The zero-order chi connectivity index (χ0) is 21.9. The monoisotopic (exact) mass is 453 g/mol. The highest BCUT2D eigenvalue weighted by Crippen LogP contribution is 2.23. The van der Waals surface area contributed by atoms with Gasteiger partial charge in [-0.2, -0.15) is 24.4 Å². The molecule has 1 aromatic rings. The minimum atomic E-state index is -1.02. The van der Waals surface area contributed by atoms with Gasteiger partial charge in [0, 0.05) is 31.3 Å². The molecule has 9 heteroatoms.